The minimum atomic E-state index is -0.104. The van der Waals surface area contributed by atoms with Gasteiger partial charge in [0.25, 0.3) is 5.91 Å². The number of anilines is 1. The number of carbonyl (C=O) groups excluding carboxylic acids is 1. The lowest BCUT2D eigenvalue weighted by Gasteiger charge is -2.09. The van der Waals surface area contributed by atoms with Crippen molar-refractivity contribution < 1.29 is 9.53 Å². The number of nitrogens with one attached hydrogen (secondary N) is 2. The fourth-order valence-electron chi connectivity index (χ4n) is 2.18. The lowest BCUT2D eigenvalue weighted by molar-refractivity contribution is 0.0955. The number of hydrogen-bond acceptors (Lipinski definition) is 3. The van der Waals surface area contributed by atoms with E-state index in [1.807, 2.05) is 19.1 Å². The highest BCUT2D eigenvalue weighted by molar-refractivity contribution is 6.32. The fourth-order valence-corrected chi connectivity index (χ4v) is 2.44. The first-order valence-electron chi connectivity index (χ1n) is 7.81. The average Bonchev–Trinajstić information content (AvgIpc) is 2.60. The maximum Gasteiger partial charge on any atom is 0.251 e. The Kier molecular flexibility index (Phi) is 6.65. The van der Waals surface area contributed by atoms with Crippen molar-refractivity contribution >= 4 is 29.2 Å². The van der Waals surface area contributed by atoms with Crippen LogP contribution in [0, 0.1) is 0 Å². The van der Waals surface area contributed by atoms with Gasteiger partial charge < -0.3 is 21.1 Å². The average molecular weight is 361 g/mol. The van der Waals surface area contributed by atoms with Crippen LogP contribution in [0.3, 0.4) is 0 Å². The van der Waals surface area contributed by atoms with Crippen molar-refractivity contribution in [2.45, 2.75) is 13.5 Å². The summed E-state index contributed by atoms with van der Waals surface area (Å²) >= 11 is 6.08. The SMILES string of the molecule is CCNC(=O)c1cccc(CN=C(N)Nc2ccc(OC)c(Cl)c2)c1. The van der Waals surface area contributed by atoms with Gasteiger partial charge in [-0.1, -0.05) is 23.7 Å². The van der Waals surface area contributed by atoms with Crippen LogP contribution in [0.1, 0.15) is 22.8 Å². The minimum absolute atomic E-state index is 0.104. The van der Waals surface area contributed by atoms with E-state index >= 15 is 0 Å². The van der Waals surface area contributed by atoms with E-state index in [1.165, 1.54) is 0 Å². The Morgan fingerprint density at radius 2 is 2.08 bits per heavy atom. The molecule has 132 valence electrons. The maximum atomic E-state index is 11.9. The highest BCUT2D eigenvalue weighted by Gasteiger charge is 2.05. The highest BCUT2D eigenvalue weighted by Crippen LogP contribution is 2.27. The van der Waals surface area contributed by atoms with Crippen molar-refractivity contribution in [1.29, 1.82) is 0 Å². The number of aliphatic imine (C=N–C) groups is 1. The van der Waals surface area contributed by atoms with Crippen LogP contribution in [0.2, 0.25) is 5.02 Å². The topological polar surface area (TPSA) is 88.7 Å². The van der Waals surface area contributed by atoms with Gasteiger partial charge in [-0.3, -0.25) is 4.79 Å². The van der Waals surface area contributed by atoms with Crippen LogP contribution in [0.15, 0.2) is 47.5 Å². The Morgan fingerprint density at radius 3 is 2.76 bits per heavy atom. The number of nitrogens with two attached hydrogens (primary N) is 1. The van der Waals surface area contributed by atoms with E-state index in [0.29, 0.717) is 35.1 Å². The first-order valence-corrected chi connectivity index (χ1v) is 8.19. The Bertz CT molecular complexity index is 777. The summed E-state index contributed by atoms with van der Waals surface area (Å²) < 4.78 is 5.10. The summed E-state index contributed by atoms with van der Waals surface area (Å²) in [6, 6.07) is 12.5. The van der Waals surface area contributed by atoms with Gasteiger partial charge in [0, 0.05) is 17.8 Å². The Balaban J connectivity index is 2.02. The second-order valence-electron chi connectivity index (χ2n) is 5.24. The predicted molar refractivity (Wildman–Crippen MR) is 101 cm³/mol. The molecule has 0 saturated heterocycles. The summed E-state index contributed by atoms with van der Waals surface area (Å²) in [5.41, 5.74) is 8.11. The molecule has 0 bridgehead atoms. The fraction of sp³-hybridized carbons (Fsp3) is 0.222. The van der Waals surface area contributed by atoms with Crippen molar-refractivity contribution in [2.75, 3.05) is 19.0 Å². The van der Waals surface area contributed by atoms with Gasteiger partial charge >= 0.3 is 0 Å². The van der Waals surface area contributed by atoms with E-state index in [0.717, 1.165) is 5.56 Å². The molecule has 0 unspecified atom stereocenters. The largest absolute Gasteiger partial charge is 0.495 e. The molecule has 0 aromatic heterocycles. The molecule has 0 aliphatic rings. The first kappa shape index (κ1) is 18.6. The quantitative estimate of drug-likeness (QED) is 0.545. The molecule has 2 aromatic carbocycles. The molecule has 0 fully saturated rings. The second-order valence-corrected chi connectivity index (χ2v) is 5.64. The molecule has 2 rings (SSSR count). The van der Waals surface area contributed by atoms with Crippen LogP contribution in [0.5, 0.6) is 5.75 Å². The van der Waals surface area contributed by atoms with E-state index in [4.69, 9.17) is 22.1 Å². The van der Waals surface area contributed by atoms with E-state index in [1.54, 1.807) is 37.4 Å². The molecule has 0 aliphatic carbocycles. The van der Waals surface area contributed by atoms with Crippen molar-refractivity contribution in [3.8, 4) is 5.75 Å². The lowest BCUT2D eigenvalue weighted by atomic mass is 10.1. The molecule has 25 heavy (non-hydrogen) atoms. The summed E-state index contributed by atoms with van der Waals surface area (Å²) in [5.74, 6) is 0.738. The van der Waals surface area contributed by atoms with Gasteiger partial charge in [-0.2, -0.15) is 0 Å². The Hall–Kier alpha value is -2.73. The van der Waals surface area contributed by atoms with E-state index in [9.17, 15) is 4.79 Å². The summed E-state index contributed by atoms with van der Waals surface area (Å²) in [4.78, 5) is 16.1. The highest BCUT2D eigenvalue weighted by atomic mass is 35.5. The standard InChI is InChI=1S/C18H21ClN4O2/c1-3-21-17(24)13-6-4-5-12(9-13)11-22-18(20)23-14-7-8-16(25-2)15(19)10-14/h4-10H,3,11H2,1-2H3,(H,21,24)(H3,20,22,23). The number of carbonyl (C=O) groups is 1. The number of guanidine groups is 1. The number of benzene rings is 2. The van der Waals surface area contributed by atoms with Crippen LogP contribution in [0.25, 0.3) is 0 Å². The molecule has 4 N–H and O–H groups in total. The zero-order valence-corrected chi connectivity index (χ0v) is 14.9. The number of methoxy groups -OCH3 is 1. The number of rotatable bonds is 6. The normalized spacial score (nSPS) is 11.1. The first-order chi connectivity index (χ1) is 12.0. The molecule has 0 spiro atoms. The monoisotopic (exact) mass is 360 g/mol. The van der Waals surface area contributed by atoms with E-state index < -0.39 is 0 Å². The number of halogens is 1. The zero-order chi connectivity index (χ0) is 18.2. The molecular formula is C18H21ClN4O2. The van der Waals surface area contributed by atoms with Crippen molar-refractivity contribution in [3.63, 3.8) is 0 Å². The molecule has 7 heteroatoms. The van der Waals surface area contributed by atoms with Crippen LogP contribution in [-0.4, -0.2) is 25.5 Å². The Morgan fingerprint density at radius 1 is 1.28 bits per heavy atom. The van der Waals surface area contributed by atoms with Gasteiger partial charge in [-0.25, -0.2) is 4.99 Å². The van der Waals surface area contributed by atoms with Gasteiger partial charge in [-0.15, -0.1) is 0 Å². The number of ether oxygens (including phenoxy) is 1. The van der Waals surface area contributed by atoms with Gasteiger partial charge in [0.2, 0.25) is 0 Å². The molecule has 2 aromatic rings. The number of amides is 1. The predicted octanol–water partition coefficient (Wildman–Crippen LogP) is 3.03. The summed E-state index contributed by atoms with van der Waals surface area (Å²) in [6.07, 6.45) is 0. The summed E-state index contributed by atoms with van der Waals surface area (Å²) in [5, 5.41) is 6.22. The minimum Gasteiger partial charge on any atom is -0.495 e. The van der Waals surface area contributed by atoms with Crippen molar-refractivity contribution in [1.82, 2.24) is 5.32 Å². The molecule has 0 atom stereocenters. The third-order valence-electron chi connectivity index (χ3n) is 3.38. The van der Waals surface area contributed by atoms with Crippen LogP contribution in [-0.2, 0) is 6.54 Å². The number of nitrogens with zero attached hydrogens (tertiary/aromatic N) is 1. The van der Waals surface area contributed by atoms with E-state index in [2.05, 4.69) is 15.6 Å². The molecule has 0 radical (unpaired) electrons. The second kappa shape index (κ2) is 8.94. The van der Waals surface area contributed by atoms with Crippen LogP contribution < -0.4 is 21.1 Å². The summed E-state index contributed by atoms with van der Waals surface area (Å²) in [7, 11) is 1.55. The number of hydrogen-bond donors (Lipinski definition) is 3. The maximum absolute atomic E-state index is 11.9. The van der Waals surface area contributed by atoms with Gasteiger partial charge in [0.15, 0.2) is 5.96 Å². The van der Waals surface area contributed by atoms with Gasteiger partial charge in [0.05, 0.1) is 18.7 Å². The molecule has 6 nitrogen and oxygen atoms in total. The third-order valence-corrected chi connectivity index (χ3v) is 3.68. The van der Waals surface area contributed by atoms with Gasteiger partial charge in [-0.05, 0) is 42.8 Å². The molecule has 0 aliphatic heterocycles. The molecular weight excluding hydrogens is 340 g/mol. The van der Waals surface area contributed by atoms with Crippen molar-refractivity contribution in [2.24, 2.45) is 10.7 Å². The third kappa shape index (κ3) is 5.39. The lowest BCUT2D eigenvalue weighted by Crippen LogP contribution is -2.23. The molecule has 1 amide bonds. The van der Waals surface area contributed by atoms with Crippen LogP contribution in [0.4, 0.5) is 5.69 Å². The van der Waals surface area contributed by atoms with Crippen molar-refractivity contribution in [3.05, 3.63) is 58.6 Å². The van der Waals surface area contributed by atoms with E-state index in [-0.39, 0.29) is 11.9 Å². The smallest absolute Gasteiger partial charge is 0.251 e. The summed E-state index contributed by atoms with van der Waals surface area (Å²) in [6.45, 7) is 2.82. The Labute approximate surface area is 152 Å². The molecule has 0 heterocycles. The van der Waals surface area contributed by atoms with Crippen LogP contribution >= 0.6 is 11.6 Å². The molecule has 0 saturated carbocycles. The van der Waals surface area contributed by atoms with Gasteiger partial charge in [0.1, 0.15) is 5.75 Å². The zero-order valence-electron chi connectivity index (χ0n) is 14.2.